The normalized spacial score (nSPS) is 14.3. The third-order valence-electron chi connectivity index (χ3n) is 3.06. The van der Waals surface area contributed by atoms with Crippen LogP contribution in [0.1, 0.15) is 28.4 Å². The number of aromatic nitrogens is 1. The number of thiazole rings is 1. The predicted molar refractivity (Wildman–Crippen MR) is 96.4 cm³/mol. The van der Waals surface area contributed by atoms with Crippen molar-refractivity contribution in [1.29, 1.82) is 0 Å². The van der Waals surface area contributed by atoms with Crippen LogP contribution in [0.2, 0.25) is 0 Å². The van der Waals surface area contributed by atoms with Crippen LogP contribution in [0, 0.1) is 13.8 Å². The molecule has 0 radical (unpaired) electrons. The zero-order valence-corrected chi connectivity index (χ0v) is 15.7. The molecule has 3 N–H and O–H groups in total. The van der Waals surface area contributed by atoms with Gasteiger partial charge in [0.2, 0.25) is 5.91 Å². The molecule has 1 amide bonds. The average molecular weight is 423 g/mol. The van der Waals surface area contributed by atoms with Gasteiger partial charge in [-0.3, -0.25) is 9.79 Å². The molecule has 0 atom stereocenters. The minimum atomic E-state index is 0. The maximum atomic E-state index is 11.6. The number of amides is 1. The van der Waals surface area contributed by atoms with Crippen molar-refractivity contribution >= 4 is 47.2 Å². The summed E-state index contributed by atoms with van der Waals surface area (Å²) < 4.78 is 0. The summed E-state index contributed by atoms with van der Waals surface area (Å²) in [4.78, 5) is 21.3. The van der Waals surface area contributed by atoms with Gasteiger partial charge in [0.15, 0.2) is 5.96 Å². The zero-order chi connectivity index (χ0) is 14.5. The second kappa shape index (κ2) is 8.52. The van der Waals surface area contributed by atoms with E-state index in [1.807, 2.05) is 6.92 Å². The lowest BCUT2D eigenvalue weighted by Gasteiger charge is -2.10. The Morgan fingerprint density at radius 1 is 1.38 bits per heavy atom. The van der Waals surface area contributed by atoms with E-state index in [1.54, 1.807) is 18.4 Å². The smallest absolute Gasteiger partial charge is 0.239 e. The summed E-state index contributed by atoms with van der Waals surface area (Å²) in [6.07, 6.45) is 2.20. The number of guanidine groups is 1. The predicted octanol–water partition coefficient (Wildman–Crippen LogP) is 1.32. The zero-order valence-electron chi connectivity index (χ0n) is 12.5. The van der Waals surface area contributed by atoms with Gasteiger partial charge in [-0.2, -0.15) is 0 Å². The summed E-state index contributed by atoms with van der Waals surface area (Å²) in [5.74, 6) is 0.623. The van der Waals surface area contributed by atoms with Crippen molar-refractivity contribution in [1.82, 2.24) is 20.9 Å². The van der Waals surface area contributed by atoms with E-state index < -0.39 is 0 Å². The number of nitrogens with zero attached hydrogens (tertiary/aromatic N) is 2. The summed E-state index contributed by atoms with van der Waals surface area (Å²) in [7, 11) is 1.69. The van der Waals surface area contributed by atoms with Crippen LogP contribution in [0.4, 0.5) is 0 Å². The molecular weight excluding hydrogens is 401 g/mol. The van der Waals surface area contributed by atoms with E-state index in [1.165, 1.54) is 4.88 Å². The molecule has 1 fully saturated rings. The van der Waals surface area contributed by atoms with Crippen molar-refractivity contribution in [2.75, 3.05) is 13.6 Å². The Labute approximate surface area is 146 Å². The second-order valence-electron chi connectivity index (χ2n) is 4.87. The lowest BCUT2D eigenvalue weighted by Crippen LogP contribution is -2.43. The van der Waals surface area contributed by atoms with Crippen molar-refractivity contribution in [3.05, 3.63) is 15.6 Å². The van der Waals surface area contributed by atoms with Gasteiger partial charge in [-0.15, -0.1) is 35.3 Å². The molecule has 1 aliphatic carbocycles. The molecular formula is C13H22IN5OS. The standard InChI is InChI=1S/C13H21N5OS.HI/c1-8-9(2)20-12(17-8)7-16-13(14-3)15-6-11(19)18-10-4-5-10;/h10H,4-7H2,1-3H3,(H,18,19)(H2,14,15,16);1H. The van der Waals surface area contributed by atoms with Crippen LogP contribution in [-0.2, 0) is 11.3 Å². The Morgan fingerprint density at radius 2 is 2.10 bits per heavy atom. The van der Waals surface area contributed by atoms with Gasteiger partial charge in [0.1, 0.15) is 5.01 Å². The summed E-state index contributed by atoms with van der Waals surface area (Å²) in [6.45, 7) is 4.92. The molecule has 0 aromatic carbocycles. The van der Waals surface area contributed by atoms with E-state index in [-0.39, 0.29) is 36.4 Å². The van der Waals surface area contributed by atoms with Crippen LogP contribution in [0.3, 0.4) is 0 Å². The van der Waals surface area contributed by atoms with Gasteiger partial charge in [0.25, 0.3) is 0 Å². The first-order valence-electron chi connectivity index (χ1n) is 6.75. The van der Waals surface area contributed by atoms with E-state index in [0.717, 1.165) is 23.5 Å². The molecule has 0 aliphatic heterocycles. The first kappa shape index (κ1) is 18.1. The Hall–Kier alpha value is -0.900. The minimum absolute atomic E-state index is 0. The Balaban J connectivity index is 0.00000220. The fourth-order valence-corrected chi connectivity index (χ4v) is 2.54. The van der Waals surface area contributed by atoms with E-state index >= 15 is 0 Å². The van der Waals surface area contributed by atoms with Gasteiger partial charge in [0, 0.05) is 18.0 Å². The molecule has 8 heteroatoms. The highest BCUT2D eigenvalue weighted by Gasteiger charge is 2.22. The molecule has 6 nitrogen and oxygen atoms in total. The Bertz CT molecular complexity index is 493. The van der Waals surface area contributed by atoms with Crippen molar-refractivity contribution < 1.29 is 4.79 Å². The SMILES string of the molecule is CN=C(NCC(=O)NC1CC1)NCc1nc(C)c(C)s1.I. The number of carbonyl (C=O) groups excluding carboxylic acids is 1. The van der Waals surface area contributed by atoms with Crippen LogP contribution in [0.25, 0.3) is 0 Å². The monoisotopic (exact) mass is 423 g/mol. The maximum absolute atomic E-state index is 11.6. The lowest BCUT2D eigenvalue weighted by atomic mass is 10.4. The van der Waals surface area contributed by atoms with Crippen LogP contribution in [-0.4, -0.2) is 36.5 Å². The van der Waals surface area contributed by atoms with Crippen molar-refractivity contribution in [2.24, 2.45) is 4.99 Å². The molecule has 21 heavy (non-hydrogen) atoms. The quantitative estimate of drug-likeness (QED) is 0.379. The summed E-state index contributed by atoms with van der Waals surface area (Å²) in [6, 6.07) is 0.389. The second-order valence-corrected chi connectivity index (χ2v) is 6.16. The molecule has 0 unspecified atom stereocenters. The highest BCUT2D eigenvalue weighted by atomic mass is 127. The first-order chi connectivity index (χ1) is 9.58. The summed E-state index contributed by atoms with van der Waals surface area (Å²) in [5.41, 5.74) is 1.07. The summed E-state index contributed by atoms with van der Waals surface area (Å²) in [5, 5.41) is 10.1. The third kappa shape index (κ3) is 6.16. The Morgan fingerprint density at radius 3 is 2.62 bits per heavy atom. The van der Waals surface area contributed by atoms with E-state index in [4.69, 9.17) is 0 Å². The number of nitrogens with one attached hydrogen (secondary N) is 3. The van der Waals surface area contributed by atoms with Crippen LogP contribution in [0.15, 0.2) is 4.99 Å². The average Bonchev–Trinajstić information content (AvgIpc) is 3.16. The molecule has 0 spiro atoms. The number of hydrogen-bond acceptors (Lipinski definition) is 4. The van der Waals surface area contributed by atoms with Gasteiger partial charge in [-0.1, -0.05) is 0 Å². The fourth-order valence-electron chi connectivity index (χ4n) is 1.67. The number of aliphatic imine (C=N–C) groups is 1. The van der Waals surface area contributed by atoms with Gasteiger partial charge < -0.3 is 16.0 Å². The molecule has 1 heterocycles. The molecule has 1 aliphatic rings. The van der Waals surface area contributed by atoms with Crippen LogP contribution < -0.4 is 16.0 Å². The highest BCUT2D eigenvalue weighted by molar-refractivity contribution is 14.0. The molecule has 118 valence electrons. The number of hydrogen-bond donors (Lipinski definition) is 3. The molecule has 0 saturated heterocycles. The Kier molecular flexibility index (Phi) is 7.36. The van der Waals surface area contributed by atoms with E-state index in [9.17, 15) is 4.79 Å². The van der Waals surface area contributed by atoms with Gasteiger partial charge in [-0.25, -0.2) is 4.98 Å². The summed E-state index contributed by atoms with van der Waals surface area (Å²) >= 11 is 1.67. The number of rotatable bonds is 5. The van der Waals surface area contributed by atoms with Crippen LogP contribution in [0.5, 0.6) is 0 Å². The fraction of sp³-hybridized carbons (Fsp3) is 0.615. The molecule has 1 aromatic heterocycles. The molecule has 2 rings (SSSR count). The van der Waals surface area contributed by atoms with Crippen LogP contribution >= 0.6 is 35.3 Å². The topological polar surface area (TPSA) is 78.4 Å². The van der Waals surface area contributed by atoms with Gasteiger partial charge in [0.05, 0.1) is 18.8 Å². The number of halogens is 1. The molecule has 1 aromatic rings. The van der Waals surface area contributed by atoms with E-state index in [2.05, 4.69) is 32.9 Å². The van der Waals surface area contributed by atoms with Crippen molar-refractivity contribution in [3.8, 4) is 0 Å². The largest absolute Gasteiger partial charge is 0.352 e. The van der Waals surface area contributed by atoms with Gasteiger partial charge >= 0.3 is 0 Å². The van der Waals surface area contributed by atoms with Crippen molar-refractivity contribution in [2.45, 2.75) is 39.3 Å². The maximum Gasteiger partial charge on any atom is 0.239 e. The molecule has 1 saturated carbocycles. The number of carbonyl (C=O) groups is 1. The third-order valence-corrected chi connectivity index (χ3v) is 4.14. The van der Waals surface area contributed by atoms with Gasteiger partial charge in [-0.05, 0) is 26.7 Å². The lowest BCUT2D eigenvalue weighted by molar-refractivity contribution is -0.120. The first-order valence-corrected chi connectivity index (χ1v) is 7.57. The highest BCUT2D eigenvalue weighted by Crippen LogP contribution is 2.18. The minimum Gasteiger partial charge on any atom is -0.352 e. The molecule has 0 bridgehead atoms. The van der Waals surface area contributed by atoms with E-state index in [0.29, 0.717) is 18.5 Å². The van der Waals surface area contributed by atoms with Crippen molar-refractivity contribution in [3.63, 3.8) is 0 Å². The number of aryl methyl sites for hydroxylation is 2.